The Kier molecular flexibility index (Phi) is 5.71. The zero-order valence-corrected chi connectivity index (χ0v) is 18.6. The molecular weight excluding hydrogens is 406 g/mol. The quantitative estimate of drug-likeness (QED) is 0.615. The van der Waals surface area contributed by atoms with E-state index >= 15 is 0 Å². The van der Waals surface area contributed by atoms with Crippen LogP contribution in [0.25, 0.3) is 6.08 Å². The van der Waals surface area contributed by atoms with Gasteiger partial charge >= 0.3 is 0 Å². The predicted octanol–water partition coefficient (Wildman–Crippen LogP) is 4.12. The zero-order chi connectivity index (χ0) is 23.1. The highest BCUT2D eigenvalue weighted by Gasteiger charge is 2.51. The van der Waals surface area contributed by atoms with Crippen LogP contribution in [0, 0.1) is 0 Å². The van der Waals surface area contributed by atoms with Gasteiger partial charge in [0.2, 0.25) is 0 Å². The van der Waals surface area contributed by atoms with Gasteiger partial charge in [-0.2, -0.15) is 0 Å². The van der Waals surface area contributed by atoms with Crippen LogP contribution in [0.15, 0.2) is 60.7 Å². The number of phenols is 1. The molecule has 1 fully saturated rings. The summed E-state index contributed by atoms with van der Waals surface area (Å²) in [7, 11) is 1.36. The lowest BCUT2D eigenvalue weighted by Gasteiger charge is -2.40. The Morgan fingerprint density at radius 2 is 2.00 bits per heavy atom. The van der Waals surface area contributed by atoms with Crippen molar-refractivity contribution in [1.29, 1.82) is 0 Å². The topological polar surface area (TPSA) is 88.0 Å². The van der Waals surface area contributed by atoms with E-state index in [-0.39, 0.29) is 17.4 Å². The van der Waals surface area contributed by atoms with Gasteiger partial charge in [-0.05, 0) is 44.4 Å². The second-order valence-corrected chi connectivity index (χ2v) is 8.80. The van der Waals surface area contributed by atoms with Crippen molar-refractivity contribution in [3.05, 3.63) is 77.4 Å². The van der Waals surface area contributed by atoms with E-state index < -0.39 is 23.2 Å². The molecule has 0 aliphatic carbocycles. The maximum Gasteiger partial charge on any atom is 0.257 e. The number of nitrogens with one attached hydrogen (secondary N) is 1. The monoisotopic (exact) mass is 435 g/mol. The van der Waals surface area contributed by atoms with E-state index in [2.05, 4.69) is 11.9 Å². The van der Waals surface area contributed by atoms with Gasteiger partial charge < -0.3 is 25.0 Å². The molecule has 4 atom stereocenters. The standard InChI is InChI=1S/C26H29NO5/c1-16(2)20-13-15-25(3,32-20)14-12-17-10-11-19-21(22(17)28)26(30,18-8-6-5-7-9-18)23(31-4)24(29)27-19/h5-12,14,20,23,28,30H,1,13,15H2,2-4H3,(H,27,29)/t20-,23-,25+,26+/m1/s1. The first-order valence-corrected chi connectivity index (χ1v) is 10.7. The number of aliphatic hydroxyl groups is 1. The summed E-state index contributed by atoms with van der Waals surface area (Å²) in [6.45, 7) is 7.95. The summed E-state index contributed by atoms with van der Waals surface area (Å²) < 4.78 is 11.5. The van der Waals surface area contributed by atoms with Gasteiger partial charge in [0.15, 0.2) is 11.7 Å². The number of carbonyl (C=O) groups excluding carboxylic acids is 1. The van der Waals surface area contributed by atoms with Crippen LogP contribution < -0.4 is 5.32 Å². The highest BCUT2D eigenvalue weighted by molar-refractivity contribution is 6.00. The summed E-state index contributed by atoms with van der Waals surface area (Å²) >= 11 is 0. The van der Waals surface area contributed by atoms with Gasteiger partial charge in [-0.3, -0.25) is 4.79 Å². The molecule has 0 aromatic heterocycles. The lowest BCUT2D eigenvalue weighted by molar-refractivity contribution is -0.142. The first-order chi connectivity index (χ1) is 15.2. The van der Waals surface area contributed by atoms with E-state index in [1.165, 1.54) is 7.11 Å². The van der Waals surface area contributed by atoms with Gasteiger partial charge in [0.25, 0.3) is 5.91 Å². The third-order valence-electron chi connectivity index (χ3n) is 6.39. The summed E-state index contributed by atoms with van der Waals surface area (Å²) in [5.41, 5.74) is 0.158. The van der Waals surface area contributed by atoms with Gasteiger partial charge in [0, 0.05) is 12.7 Å². The van der Waals surface area contributed by atoms with Crippen LogP contribution in [0.1, 0.15) is 43.4 Å². The minimum absolute atomic E-state index is 0.0163. The Hall–Kier alpha value is -2.93. The zero-order valence-electron chi connectivity index (χ0n) is 18.6. The van der Waals surface area contributed by atoms with E-state index in [4.69, 9.17) is 9.47 Å². The Morgan fingerprint density at radius 1 is 1.28 bits per heavy atom. The fourth-order valence-electron chi connectivity index (χ4n) is 4.61. The van der Waals surface area contributed by atoms with Crippen molar-refractivity contribution >= 4 is 17.7 Å². The minimum Gasteiger partial charge on any atom is -0.507 e. The molecule has 3 N–H and O–H groups in total. The van der Waals surface area contributed by atoms with Gasteiger partial charge in [-0.15, -0.1) is 0 Å². The van der Waals surface area contributed by atoms with Gasteiger partial charge in [0.05, 0.1) is 23.0 Å². The largest absolute Gasteiger partial charge is 0.507 e. The molecule has 168 valence electrons. The molecule has 0 radical (unpaired) electrons. The number of ether oxygens (including phenoxy) is 2. The number of anilines is 1. The normalized spacial score (nSPS) is 29.7. The molecule has 32 heavy (non-hydrogen) atoms. The van der Waals surface area contributed by atoms with Crippen molar-refractivity contribution in [3.8, 4) is 5.75 Å². The first kappa shape index (κ1) is 22.3. The Labute approximate surface area is 188 Å². The van der Waals surface area contributed by atoms with Crippen LogP contribution >= 0.6 is 0 Å². The number of hydrogen-bond acceptors (Lipinski definition) is 5. The van der Waals surface area contributed by atoms with E-state index in [0.29, 0.717) is 16.8 Å². The Bertz CT molecular complexity index is 1080. The van der Waals surface area contributed by atoms with E-state index in [0.717, 1.165) is 18.4 Å². The number of benzene rings is 2. The third-order valence-corrected chi connectivity index (χ3v) is 6.39. The number of fused-ring (bicyclic) bond motifs is 1. The fourth-order valence-corrected chi connectivity index (χ4v) is 4.61. The molecule has 2 aromatic rings. The molecule has 0 saturated carbocycles. The molecular formula is C26H29NO5. The van der Waals surface area contributed by atoms with Crippen LogP contribution in [0.4, 0.5) is 5.69 Å². The number of aromatic hydroxyl groups is 1. The highest BCUT2D eigenvalue weighted by Crippen LogP contribution is 2.48. The third kappa shape index (κ3) is 3.64. The van der Waals surface area contributed by atoms with E-state index in [9.17, 15) is 15.0 Å². The summed E-state index contributed by atoms with van der Waals surface area (Å²) in [5, 5.41) is 25.8. The average Bonchev–Trinajstić information content (AvgIpc) is 3.16. The smallest absolute Gasteiger partial charge is 0.257 e. The highest BCUT2D eigenvalue weighted by atomic mass is 16.5. The molecule has 6 nitrogen and oxygen atoms in total. The Morgan fingerprint density at radius 3 is 2.62 bits per heavy atom. The molecule has 1 saturated heterocycles. The molecule has 0 unspecified atom stereocenters. The number of carbonyl (C=O) groups is 1. The molecule has 0 bridgehead atoms. The van der Waals surface area contributed by atoms with E-state index in [1.807, 2.05) is 26.0 Å². The molecule has 0 spiro atoms. The SMILES string of the molecule is C=C(C)[C@H]1CC[C@](C)(C=Cc2ccc3c(c2O)[C@@](O)(c2ccccc2)[C@H](OC)C(=O)N3)O1. The van der Waals surface area contributed by atoms with Crippen molar-refractivity contribution in [2.45, 2.75) is 50.1 Å². The molecule has 1 amide bonds. The molecule has 2 aliphatic heterocycles. The maximum absolute atomic E-state index is 12.7. The van der Waals surface area contributed by atoms with E-state index in [1.54, 1.807) is 42.5 Å². The second-order valence-electron chi connectivity index (χ2n) is 8.80. The molecule has 6 heteroatoms. The van der Waals surface area contributed by atoms with Crippen molar-refractivity contribution < 1.29 is 24.5 Å². The average molecular weight is 436 g/mol. The lowest BCUT2D eigenvalue weighted by atomic mass is 9.76. The van der Waals surface area contributed by atoms with Crippen LogP contribution in [0.5, 0.6) is 5.75 Å². The van der Waals surface area contributed by atoms with Crippen molar-refractivity contribution in [2.24, 2.45) is 0 Å². The second kappa shape index (κ2) is 8.20. The maximum atomic E-state index is 12.7. The molecule has 4 rings (SSSR count). The fraction of sp³-hybridized carbons (Fsp3) is 0.346. The molecule has 2 heterocycles. The number of hydrogen-bond donors (Lipinski definition) is 3. The van der Waals surface area contributed by atoms with Crippen LogP contribution in [0.2, 0.25) is 0 Å². The summed E-state index contributed by atoms with van der Waals surface area (Å²) in [4.78, 5) is 12.7. The molecule has 2 aliphatic rings. The lowest BCUT2D eigenvalue weighted by Crippen LogP contribution is -2.52. The molecule has 2 aromatic carbocycles. The van der Waals surface area contributed by atoms with Gasteiger partial charge in [-0.25, -0.2) is 0 Å². The van der Waals surface area contributed by atoms with Gasteiger partial charge in [0.1, 0.15) is 5.75 Å². The summed E-state index contributed by atoms with van der Waals surface area (Å²) in [6, 6.07) is 12.2. The number of methoxy groups -OCH3 is 1. The Balaban J connectivity index is 1.79. The minimum atomic E-state index is -1.86. The van der Waals surface area contributed by atoms with Crippen molar-refractivity contribution in [2.75, 3.05) is 12.4 Å². The number of rotatable bonds is 5. The summed E-state index contributed by atoms with van der Waals surface area (Å²) in [5.74, 6) is -0.600. The van der Waals surface area contributed by atoms with Crippen molar-refractivity contribution in [1.82, 2.24) is 0 Å². The van der Waals surface area contributed by atoms with Crippen LogP contribution in [0.3, 0.4) is 0 Å². The van der Waals surface area contributed by atoms with Crippen molar-refractivity contribution in [3.63, 3.8) is 0 Å². The number of phenolic OH excluding ortho intramolecular Hbond substituents is 1. The van der Waals surface area contributed by atoms with Crippen LogP contribution in [-0.4, -0.2) is 41.0 Å². The predicted molar refractivity (Wildman–Crippen MR) is 123 cm³/mol. The van der Waals surface area contributed by atoms with Gasteiger partial charge in [-0.1, -0.05) is 54.6 Å². The first-order valence-electron chi connectivity index (χ1n) is 10.7. The summed E-state index contributed by atoms with van der Waals surface area (Å²) in [6.07, 6.45) is 4.23. The number of amides is 1. The van der Waals surface area contributed by atoms with Crippen LogP contribution in [-0.2, 0) is 19.9 Å².